The van der Waals surface area contributed by atoms with Crippen LogP contribution in [0.3, 0.4) is 0 Å². The third-order valence-corrected chi connectivity index (χ3v) is 4.54. The summed E-state index contributed by atoms with van der Waals surface area (Å²) in [5, 5.41) is 8.60. The molecule has 1 aliphatic rings. The Balaban J connectivity index is 1.65. The van der Waals surface area contributed by atoms with E-state index in [2.05, 4.69) is 16.0 Å². The summed E-state index contributed by atoms with van der Waals surface area (Å²) in [6.45, 7) is 4.37. The second kappa shape index (κ2) is 8.58. The Morgan fingerprint density at radius 1 is 1.04 bits per heavy atom. The Morgan fingerprint density at radius 2 is 1.74 bits per heavy atom. The van der Waals surface area contributed by atoms with Gasteiger partial charge in [0.05, 0.1) is 12.6 Å². The highest BCUT2D eigenvalue weighted by Gasteiger charge is 2.29. The van der Waals surface area contributed by atoms with Crippen LogP contribution in [0.25, 0.3) is 0 Å². The average Bonchev–Trinajstić information content (AvgIpc) is 2.67. The topological polar surface area (TPSA) is 79.5 Å². The van der Waals surface area contributed by atoms with Crippen molar-refractivity contribution in [1.29, 1.82) is 0 Å². The predicted octanol–water partition coefficient (Wildman–Crippen LogP) is 3.47. The molecule has 3 rings (SSSR count). The minimum Gasteiger partial charge on any atom is -0.493 e. The zero-order chi connectivity index (χ0) is 19.2. The standard InChI is InChI=1S/C21H25N3O3/c1-14(2)19(24-21(26)22-15-8-4-3-5-9-15)20(25)23-17-12-13-27-18-11-7-6-10-16(17)18/h3-11,14,17,19H,12-13H2,1-2H3,(H,23,25)(H2,22,24,26). The van der Waals surface area contributed by atoms with E-state index < -0.39 is 12.1 Å². The maximum atomic E-state index is 12.9. The molecule has 0 saturated heterocycles. The second-order valence-electron chi connectivity index (χ2n) is 6.92. The van der Waals surface area contributed by atoms with Gasteiger partial charge in [-0.15, -0.1) is 0 Å². The lowest BCUT2D eigenvalue weighted by Gasteiger charge is -2.29. The normalized spacial score (nSPS) is 16.6. The fourth-order valence-electron chi connectivity index (χ4n) is 3.12. The first kappa shape index (κ1) is 18.8. The van der Waals surface area contributed by atoms with Gasteiger partial charge in [-0.3, -0.25) is 4.79 Å². The van der Waals surface area contributed by atoms with E-state index in [9.17, 15) is 9.59 Å². The summed E-state index contributed by atoms with van der Waals surface area (Å²) in [4.78, 5) is 25.2. The van der Waals surface area contributed by atoms with Crippen molar-refractivity contribution < 1.29 is 14.3 Å². The quantitative estimate of drug-likeness (QED) is 0.757. The number of anilines is 1. The molecule has 2 aromatic rings. The molecule has 0 fully saturated rings. The third-order valence-electron chi connectivity index (χ3n) is 4.54. The first-order valence-corrected chi connectivity index (χ1v) is 9.19. The summed E-state index contributed by atoms with van der Waals surface area (Å²) in [6.07, 6.45) is 0.698. The van der Waals surface area contributed by atoms with Crippen LogP contribution >= 0.6 is 0 Å². The minimum absolute atomic E-state index is 0.0541. The third kappa shape index (κ3) is 4.78. The largest absolute Gasteiger partial charge is 0.493 e. The number of nitrogens with one attached hydrogen (secondary N) is 3. The molecule has 0 radical (unpaired) electrons. The number of carbonyl (C=O) groups excluding carboxylic acids is 2. The molecule has 142 valence electrons. The monoisotopic (exact) mass is 367 g/mol. The molecule has 6 heteroatoms. The number of hydrogen-bond acceptors (Lipinski definition) is 3. The lowest BCUT2D eigenvalue weighted by molar-refractivity contribution is -0.124. The molecule has 6 nitrogen and oxygen atoms in total. The maximum absolute atomic E-state index is 12.9. The molecule has 0 bridgehead atoms. The van der Waals surface area contributed by atoms with E-state index in [-0.39, 0.29) is 17.9 Å². The maximum Gasteiger partial charge on any atom is 0.319 e. The van der Waals surface area contributed by atoms with Crippen LogP contribution in [0.4, 0.5) is 10.5 Å². The molecule has 0 aromatic heterocycles. The van der Waals surface area contributed by atoms with Crippen LogP contribution in [0.15, 0.2) is 54.6 Å². The van der Waals surface area contributed by atoms with Crippen molar-refractivity contribution in [2.24, 2.45) is 5.92 Å². The zero-order valence-corrected chi connectivity index (χ0v) is 15.6. The van der Waals surface area contributed by atoms with Crippen molar-refractivity contribution in [3.05, 3.63) is 60.2 Å². The first-order valence-electron chi connectivity index (χ1n) is 9.19. The Hall–Kier alpha value is -3.02. The van der Waals surface area contributed by atoms with Crippen LogP contribution in [0.1, 0.15) is 31.9 Å². The SMILES string of the molecule is CC(C)C(NC(=O)Nc1ccccc1)C(=O)NC1CCOc2ccccc21. The van der Waals surface area contributed by atoms with Crippen molar-refractivity contribution in [2.45, 2.75) is 32.4 Å². The van der Waals surface area contributed by atoms with Crippen molar-refractivity contribution in [2.75, 3.05) is 11.9 Å². The van der Waals surface area contributed by atoms with Gasteiger partial charge in [0.15, 0.2) is 0 Å². The molecule has 2 unspecified atom stereocenters. The Labute approximate surface area is 159 Å². The molecule has 0 aliphatic carbocycles. The zero-order valence-electron chi connectivity index (χ0n) is 15.6. The smallest absolute Gasteiger partial charge is 0.319 e. The van der Waals surface area contributed by atoms with Gasteiger partial charge in [-0.05, 0) is 24.1 Å². The predicted molar refractivity (Wildman–Crippen MR) is 105 cm³/mol. The number of para-hydroxylation sites is 2. The number of hydrogen-bond donors (Lipinski definition) is 3. The lowest BCUT2D eigenvalue weighted by atomic mass is 9.98. The number of carbonyl (C=O) groups is 2. The van der Waals surface area contributed by atoms with Crippen molar-refractivity contribution in [3.8, 4) is 5.75 Å². The summed E-state index contributed by atoms with van der Waals surface area (Å²) in [5.41, 5.74) is 1.64. The van der Waals surface area contributed by atoms with Gasteiger partial charge in [0, 0.05) is 17.7 Å². The number of urea groups is 1. The number of benzene rings is 2. The van der Waals surface area contributed by atoms with E-state index in [1.807, 2.05) is 56.3 Å². The molecule has 27 heavy (non-hydrogen) atoms. The molecular weight excluding hydrogens is 342 g/mol. The van der Waals surface area contributed by atoms with E-state index in [1.54, 1.807) is 12.1 Å². The van der Waals surface area contributed by atoms with Gasteiger partial charge in [-0.1, -0.05) is 50.2 Å². The fraction of sp³-hybridized carbons (Fsp3) is 0.333. The number of fused-ring (bicyclic) bond motifs is 1. The lowest BCUT2D eigenvalue weighted by Crippen LogP contribution is -2.51. The van der Waals surface area contributed by atoms with Crippen molar-refractivity contribution in [1.82, 2.24) is 10.6 Å². The van der Waals surface area contributed by atoms with E-state index in [0.29, 0.717) is 18.7 Å². The van der Waals surface area contributed by atoms with Gasteiger partial charge in [0.2, 0.25) is 5.91 Å². The minimum atomic E-state index is -0.635. The van der Waals surface area contributed by atoms with Gasteiger partial charge >= 0.3 is 6.03 Å². The van der Waals surface area contributed by atoms with Crippen LogP contribution in [0, 0.1) is 5.92 Å². The van der Waals surface area contributed by atoms with Crippen molar-refractivity contribution in [3.63, 3.8) is 0 Å². The van der Waals surface area contributed by atoms with Gasteiger partial charge in [-0.2, -0.15) is 0 Å². The first-order chi connectivity index (χ1) is 13.0. The molecule has 2 aromatic carbocycles. The van der Waals surface area contributed by atoms with E-state index >= 15 is 0 Å². The summed E-state index contributed by atoms with van der Waals surface area (Å²) in [5.74, 6) is 0.543. The Morgan fingerprint density at radius 3 is 2.48 bits per heavy atom. The van der Waals surface area contributed by atoms with Gasteiger partial charge in [-0.25, -0.2) is 4.79 Å². The molecule has 0 saturated carbocycles. The molecule has 2 atom stereocenters. The second-order valence-corrected chi connectivity index (χ2v) is 6.92. The van der Waals surface area contributed by atoms with Crippen molar-refractivity contribution >= 4 is 17.6 Å². The molecule has 3 amide bonds. The van der Waals surface area contributed by atoms with E-state index in [4.69, 9.17) is 4.74 Å². The molecule has 1 aliphatic heterocycles. The summed E-state index contributed by atoms with van der Waals surface area (Å²) < 4.78 is 5.64. The average molecular weight is 367 g/mol. The number of amides is 3. The van der Waals surface area contributed by atoms with Gasteiger partial charge in [0.25, 0.3) is 0 Å². The Kier molecular flexibility index (Phi) is 5.96. The van der Waals surface area contributed by atoms with E-state index in [0.717, 1.165) is 11.3 Å². The van der Waals surface area contributed by atoms with Crippen LogP contribution in [-0.4, -0.2) is 24.6 Å². The summed E-state index contributed by atoms with van der Waals surface area (Å²) >= 11 is 0. The highest BCUT2D eigenvalue weighted by atomic mass is 16.5. The number of rotatable bonds is 5. The van der Waals surface area contributed by atoms with Gasteiger partial charge in [0.1, 0.15) is 11.8 Å². The Bertz CT molecular complexity index is 792. The van der Waals surface area contributed by atoms with Crippen LogP contribution in [-0.2, 0) is 4.79 Å². The van der Waals surface area contributed by atoms with Gasteiger partial charge < -0.3 is 20.7 Å². The summed E-state index contributed by atoms with van der Waals surface area (Å²) in [6, 6.07) is 15.7. The number of ether oxygens (including phenoxy) is 1. The fourth-order valence-corrected chi connectivity index (χ4v) is 3.12. The molecule has 3 N–H and O–H groups in total. The van der Waals surface area contributed by atoms with Crippen LogP contribution in [0.2, 0.25) is 0 Å². The van der Waals surface area contributed by atoms with E-state index in [1.165, 1.54) is 0 Å². The van der Waals surface area contributed by atoms with Crippen LogP contribution < -0.4 is 20.7 Å². The molecule has 1 heterocycles. The highest BCUT2D eigenvalue weighted by Crippen LogP contribution is 2.31. The highest BCUT2D eigenvalue weighted by molar-refractivity contribution is 5.93. The molecular formula is C21H25N3O3. The summed E-state index contributed by atoms with van der Waals surface area (Å²) in [7, 11) is 0. The van der Waals surface area contributed by atoms with Crippen LogP contribution in [0.5, 0.6) is 5.75 Å². The molecule has 0 spiro atoms.